The summed E-state index contributed by atoms with van der Waals surface area (Å²) in [6, 6.07) is 9.41. The number of aryl methyl sites for hydroxylation is 1. The SMILES string of the molecule is Cc1c(Cl)ccc2sc(N(CCCN3CCOCC3)C(=O)COc3ccc(F)cc3)nc12. The summed E-state index contributed by atoms with van der Waals surface area (Å²) in [6.07, 6.45) is 0.804. The average molecular weight is 478 g/mol. The van der Waals surface area contributed by atoms with E-state index >= 15 is 0 Å². The number of halogens is 2. The Labute approximate surface area is 195 Å². The molecule has 0 aliphatic carbocycles. The Balaban J connectivity index is 1.49. The zero-order valence-corrected chi connectivity index (χ0v) is 19.4. The van der Waals surface area contributed by atoms with Crippen LogP contribution in [0.1, 0.15) is 12.0 Å². The molecule has 6 nitrogen and oxygen atoms in total. The van der Waals surface area contributed by atoms with E-state index in [1.54, 1.807) is 4.90 Å². The fourth-order valence-electron chi connectivity index (χ4n) is 3.56. The molecule has 1 aromatic heterocycles. The second-order valence-corrected chi connectivity index (χ2v) is 9.03. The van der Waals surface area contributed by atoms with Crippen molar-refractivity contribution in [1.82, 2.24) is 9.88 Å². The number of anilines is 1. The summed E-state index contributed by atoms with van der Waals surface area (Å²) >= 11 is 7.72. The minimum Gasteiger partial charge on any atom is -0.484 e. The van der Waals surface area contributed by atoms with E-state index in [4.69, 9.17) is 26.1 Å². The Morgan fingerprint density at radius 2 is 2.00 bits per heavy atom. The highest BCUT2D eigenvalue weighted by atomic mass is 35.5. The fourth-order valence-corrected chi connectivity index (χ4v) is 4.78. The van der Waals surface area contributed by atoms with Crippen molar-refractivity contribution in [2.45, 2.75) is 13.3 Å². The smallest absolute Gasteiger partial charge is 0.266 e. The van der Waals surface area contributed by atoms with Crippen LogP contribution in [0.25, 0.3) is 10.2 Å². The van der Waals surface area contributed by atoms with Crippen LogP contribution >= 0.6 is 22.9 Å². The van der Waals surface area contributed by atoms with Gasteiger partial charge in [-0.05, 0) is 55.3 Å². The lowest BCUT2D eigenvalue weighted by molar-refractivity contribution is -0.120. The third-order valence-corrected chi connectivity index (χ3v) is 6.86. The quantitative estimate of drug-likeness (QED) is 0.477. The number of fused-ring (bicyclic) bond motifs is 1. The second-order valence-electron chi connectivity index (χ2n) is 7.61. The summed E-state index contributed by atoms with van der Waals surface area (Å²) in [6.45, 7) is 6.46. The van der Waals surface area contributed by atoms with E-state index in [9.17, 15) is 9.18 Å². The number of hydrogen-bond donors (Lipinski definition) is 0. The van der Waals surface area contributed by atoms with Crippen molar-refractivity contribution in [2.24, 2.45) is 0 Å². The predicted octanol–water partition coefficient (Wildman–Crippen LogP) is 4.53. The molecule has 2 heterocycles. The number of rotatable bonds is 8. The molecule has 0 unspecified atom stereocenters. The Morgan fingerprint density at radius 1 is 1.25 bits per heavy atom. The van der Waals surface area contributed by atoms with Crippen LogP contribution in [-0.2, 0) is 9.53 Å². The van der Waals surface area contributed by atoms with Crippen molar-refractivity contribution < 1.29 is 18.7 Å². The van der Waals surface area contributed by atoms with Gasteiger partial charge in [0.2, 0.25) is 0 Å². The maximum absolute atomic E-state index is 13.1. The van der Waals surface area contributed by atoms with Gasteiger partial charge < -0.3 is 9.47 Å². The molecule has 0 radical (unpaired) electrons. The van der Waals surface area contributed by atoms with E-state index in [0.717, 1.165) is 55.0 Å². The molecular formula is C23H25ClFN3O3S. The Morgan fingerprint density at radius 3 is 2.75 bits per heavy atom. The third-order valence-electron chi connectivity index (χ3n) is 5.40. The first kappa shape index (κ1) is 22.9. The lowest BCUT2D eigenvalue weighted by Crippen LogP contribution is -2.40. The van der Waals surface area contributed by atoms with Gasteiger partial charge in [0, 0.05) is 31.2 Å². The first-order valence-corrected chi connectivity index (χ1v) is 11.7. The van der Waals surface area contributed by atoms with Crippen LogP contribution < -0.4 is 9.64 Å². The van der Waals surface area contributed by atoms with Gasteiger partial charge in [0.05, 0.1) is 23.4 Å². The molecule has 1 aliphatic heterocycles. The number of amides is 1. The van der Waals surface area contributed by atoms with Crippen molar-refractivity contribution >= 4 is 44.2 Å². The van der Waals surface area contributed by atoms with Crippen LogP contribution in [0.5, 0.6) is 5.75 Å². The van der Waals surface area contributed by atoms with Crippen molar-refractivity contribution in [2.75, 3.05) is 50.9 Å². The Hall–Kier alpha value is -2.26. The van der Waals surface area contributed by atoms with Crippen molar-refractivity contribution in [3.05, 3.63) is 52.8 Å². The summed E-state index contributed by atoms with van der Waals surface area (Å²) in [5, 5.41) is 1.28. The van der Waals surface area contributed by atoms with E-state index in [1.165, 1.54) is 35.6 Å². The van der Waals surface area contributed by atoms with Crippen LogP contribution in [0.4, 0.5) is 9.52 Å². The van der Waals surface area contributed by atoms with E-state index in [-0.39, 0.29) is 18.3 Å². The number of thiazole rings is 1. The molecule has 2 aromatic carbocycles. The molecule has 1 amide bonds. The highest BCUT2D eigenvalue weighted by Crippen LogP contribution is 2.33. The summed E-state index contributed by atoms with van der Waals surface area (Å²) in [4.78, 5) is 21.9. The maximum atomic E-state index is 13.1. The van der Waals surface area contributed by atoms with Gasteiger partial charge in [-0.15, -0.1) is 0 Å². The van der Waals surface area contributed by atoms with Gasteiger partial charge in [-0.2, -0.15) is 0 Å². The lowest BCUT2D eigenvalue weighted by atomic mass is 10.2. The molecule has 0 bridgehead atoms. The predicted molar refractivity (Wildman–Crippen MR) is 125 cm³/mol. The van der Waals surface area contributed by atoms with Gasteiger partial charge in [0.25, 0.3) is 5.91 Å². The van der Waals surface area contributed by atoms with Crippen LogP contribution in [0.15, 0.2) is 36.4 Å². The third kappa shape index (κ3) is 5.56. The molecule has 0 N–H and O–H groups in total. The topological polar surface area (TPSA) is 54.9 Å². The van der Waals surface area contributed by atoms with E-state index < -0.39 is 0 Å². The Kier molecular flexibility index (Phi) is 7.57. The van der Waals surface area contributed by atoms with Crippen LogP contribution in [0, 0.1) is 12.7 Å². The number of nitrogens with zero attached hydrogens (tertiary/aromatic N) is 3. The molecule has 1 fully saturated rings. The van der Waals surface area contributed by atoms with Gasteiger partial charge in [0.1, 0.15) is 11.6 Å². The van der Waals surface area contributed by atoms with Gasteiger partial charge in [-0.25, -0.2) is 9.37 Å². The number of hydrogen-bond acceptors (Lipinski definition) is 6. The number of morpholine rings is 1. The van der Waals surface area contributed by atoms with Crippen molar-refractivity contribution in [3.8, 4) is 5.75 Å². The summed E-state index contributed by atoms with van der Waals surface area (Å²) < 4.78 is 25.1. The molecule has 4 rings (SSSR count). The molecule has 0 spiro atoms. The highest BCUT2D eigenvalue weighted by molar-refractivity contribution is 7.22. The molecule has 32 heavy (non-hydrogen) atoms. The zero-order chi connectivity index (χ0) is 22.5. The second kappa shape index (κ2) is 10.6. The van der Waals surface area contributed by atoms with Gasteiger partial charge in [-0.1, -0.05) is 22.9 Å². The first-order chi connectivity index (χ1) is 15.5. The first-order valence-electron chi connectivity index (χ1n) is 10.6. The molecule has 3 aromatic rings. The van der Waals surface area contributed by atoms with Crippen LogP contribution in [-0.4, -0.2) is 61.8 Å². The number of aromatic nitrogens is 1. The molecule has 1 aliphatic rings. The van der Waals surface area contributed by atoms with E-state index in [1.807, 2.05) is 19.1 Å². The largest absolute Gasteiger partial charge is 0.484 e. The minimum absolute atomic E-state index is 0.154. The Bertz CT molecular complexity index is 1070. The molecule has 0 saturated carbocycles. The summed E-state index contributed by atoms with van der Waals surface area (Å²) in [7, 11) is 0. The minimum atomic E-state index is -0.350. The normalized spacial score (nSPS) is 14.6. The zero-order valence-electron chi connectivity index (χ0n) is 17.9. The van der Waals surface area contributed by atoms with E-state index in [0.29, 0.717) is 22.4 Å². The molecule has 9 heteroatoms. The number of carbonyl (C=O) groups is 1. The molecule has 170 valence electrons. The van der Waals surface area contributed by atoms with Crippen molar-refractivity contribution in [1.29, 1.82) is 0 Å². The van der Waals surface area contributed by atoms with Crippen LogP contribution in [0.2, 0.25) is 5.02 Å². The summed E-state index contributed by atoms with van der Waals surface area (Å²) in [5.74, 6) is -0.101. The maximum Gasteiger partial charge on any atom is 0.266 e. The van der Waals surface area contributed by atoms with E-state index in [2.05, 4.69) is 4.90 Å². The van der Waals surface area contributed by atoms with Crippen molar-refractivity contribution in [3.63, 3.8) is 0 Å². The van der Waals surface area contributed by atoms with Crippen LogP contribution in [0.3, 0.4) is 0 Å². The average Bonchev–Trinajstić information content (AvgIpc) is 3.24. The molecular weight excluding hydrogens is 453 g/mol. The fraction of sp³-hybridized carbons (Fsp3) is 0.391. The highest BCUT2D eigenvalue weighted by Gasteiger charge is 2.22. The standard InChI is InChI=1S/C23H25ClFN3O3S/c1-16-19(24)7-8-20-22(16)26-23(32-20)28(10-2-9-27-11-13-30-14-12-27)21(29)15-31-18-5-3-17(25)4-6-18/h3-8H,2,9-15H2,1H3. The monoisotopic (exact) mass is 477 g/mol. The summed E-state index contributed by atoms with van der Waals surface area (Å²) in [5.41, 5.74) is 1.71. The lowest BCUT2D eigenvalue weighted by Gasteiger charge is -2.27. The van der Waals surface area contributed by atoms with Gasteiger partial charge in [-0.3, -0.25) is 14.6 Å². The van der Waals surface area contributed by atoms with Gasteiger partial charge >= 0.3 is 0 Å². The number of ether oxygens (including phenoxy) is 2. The van der Waals surface area contributed by atoms with Gasteiger partial charge in [0.15, 0.2) is 11.7 Å². The molecule has 0 atom stereocenters. The number of benzene rings is 2. The number of carbonyl (C=O) groups excluding carboxylic acids is 1. The molecule has 1 saturated heterocycles.